The number of aromatic amines is 1. The van der Waals surface area contributed by atoms with Crippen LogP contribution in [0.1, 0.15) is 50.5 Å². The van der Waals surface area contributed by atoms with Crippen LogP contribution in [0, 0.1) is 5.92 Å². The van der Waals surface area contributed by atoms with E-state index in [2.05, 4.69) is 46.6 Å². The molecule has 5 N–H and O–H groups in total. The fraction of sp³-hybridized carbons (Fsp3) is 0.667. The second kappa shape index (κ2) is 9.81. The van der Waals surface area contributed by atoms with Gasteiger partial charge >= 0.3 is 0 Å². The maximum absolute atomic E-state index is 11.6. The van der Waals surface area contributed by atoms with Crippen molar-refractivity contribution >= 4 is 11.9 Å². The first-order valence-corrected chi connectivity index (χ1v) is 7.83. The Morgan fingerprint density at radius 3 is 2.82 bits per heavy atom. The molecule has 1 unspecified atom stereocenters. The molecule has 1 rings (SSSR count). The molecule has 7 nitrogen and oxygen atoms in total. The molecule has 0 aliphatic carbocycles. The van der Waals surface area contributed by atoms with Crippen LogP contribution in [0.5, 0.6) is 0 Å². The lowest BCUT2D eigenvalue weighted by Gasteiger charge is -2.15. The zero-order chi connectivity index (χ0) is 16.4. The third-order valence-corrected chi connectivity index (χ3v) is 3.24. The highest BCUT2D eigenvalue weighted by Crippen LogP contribution is 2.07. The molecule has 22 heavy (non-hydrogen) atoms. The van der Waals surface area contributed by atoms with Crippen LogP contribution < -0.4 is 16.4 Å². The van der Waals surface area contributed by atoms with Gasteiger partial charge in [0.05, 0.1) is 6.54 Å². The monoisotopic (exact) mass is 308 g/mol. The number of H-pyrrole nitrogens is 1. The van der Waals surface area contributed by atoms with Crippen molar-refractivity contribution < 1.29 is 4.79 Å². The van der Waals surface area contributed by atoms with Gasteiger partial charge in [0.2, 0.25) is 0 Å². The molecule has 7 heteroatoms. The van der Waals surface area contributed by atoms with E-state index in [4.69, 9.17) is 5.73 Å². The van der Waals surface area contributed by atoms with Crippen molar-refractivity contribution in [1.82, 2.24) is 20.8 Å². The predicted molar refractivity (Wildman–Crippen MR) is 88.7 cm³/mol. The zero-order valence-corrected chi connectivity index (χ0v) is 13.7. The van der Waals surface area contributed by atoms with E-state index in [-0.39, 0.29) is 5.91 Å². The summed E-state index contributed by atoms with van der Waals surface area (Å²) in [6.45, 7) is 7.43. The molecule has 1 aromatic heterocycles. The fourth-order valence-corrected chi connectivity index (χ4v) is 2.03. The minimum absolute atomic E-state index is 0.193. The Kier molecular flexibility index (Phi) is 8.03. The summed E-state index contributed by atoms with van der Waals surface area (Å²) in [6.07, 6.45) is 5.02. The van der Waals surface area contributed by atoms with E-state index in [0.717, 1.165) is 12.3 Å². The largest absolute Gasteiger partial charge is 0.370 e. The number of aliphatic imine (C=N–C) groups is 1. The van der Waals surface area contributed by atoms with E-state index in [1.807, 2.05) is 0 Å². The van der Waals surface area contributed by atoms with E-state index in [1.54, 1.807) is 6.07 Å². The summed E-state index contributed by atoms with van der Waals surface area (Å²) in [7, 11) is 0. The number of carbonyl (C=O) groups excluding carboxylic acids is 1. The number of nitrogens with two attached hydrogens (primary N) is 1. The second-order valence-electron chi connectivity index (χ2n) is 5.86. The van der Waals surface area contributed by atoms with Crippen LogP contribution in [0.2, 0.25) is 0 Å². The van der Waals surface area contributed by atoms with Gasteiger partial charge in [0.1, 0.15) is 5.69 Å². The quantitative estimate of drug-likeness (QED) is 0.313. The number of hydrogen-bond donors (Lipinski definition) is 4. The normalized spacial score (nSPS) is 13.2. The second-order valence-corrected chi connectivity index (χ2v) is 5.86. The number of hydrogen-bond acceptors (Lipinski definition) is 3. The summed E-state index contributed by atoms with van der Waals surface area (Å²) >= 11 is 0. The number of carbonyl (C=O) groups is 1. The average molecular weight is 308 g/mol. The number of aromatic nitrogens is 2. The average Bonchev–Trinajstić information content (AvgIpc) is 2.97. The Labute approximate surface area is 132 Å². The van der Waals surface area contributed by atoms with E-state index in [0.29, 0.717) is 30.8 Å². The van der Waals surface area contributed by atoms with Crippen molar-refractivity contribution in [3.05, 3.63) is 18.0 Å². The van der Waals surface area contributed by atoms with E-state index >= 15 is 0 Å². The first-order chi connectivity index (χ1) is 10.5. The molecule has 1 aromatic rings. The third kappa shape index (κ3) is 7.66. The highest BCUT2D eigenvalue weighted by molar-refractivity contribution is 5.92. The first kappa shape index (κ1) is 18.0. The molecular formula is C15H28N6O. The zero-order valence-electron chi connectivity index (χ0n) is 13.7. The number of amides is 1. The van der Waals surface area contributed by atoms with Gasteiger partial charge in [-0.15, -0.1) is 0 Å². The number of nitrogens with zero attached hydrogens (tertiary/aromatic N) is 2. The number of rotatable bonds is 9. The van der Waals surface area contributed by atoms with Crippen molar-refractivity contribution in [2.45, 2.75) is 46.1 Å². The van der Waals surface area contributed by atoms with Crippen molar-refractivity contribution in [1.29, 1.82) is 0 Å². The summed E-state index contributed by atoms with van der Waals surface area (Å²) in [4.78, 5) is 15.8. The Morgan fingerprint density at radius 1 is 1.41 bits per heavy atom. The number of nitrogens with one attached hydrogen (secondary N) is 3. The summed E-state index contributed by atoms with van der Waals surface area (Å²) in [5.41, 5.74) is 6.27. The Balaban J connectivity index is 2.15. The van der Waals surface area contributed by atoms with Gasteiger partial charge < -0.3 is 16.4 Å². The van der Waals surface area contributed by atoms with Crippen molar-refractivity contribution in [3.8, 4) is 0 Å². The van der Waals surface area contributed by atoms with Crippen LogP contribution in [0.4, 0.5) is 0 Å². The predicted octanol–water partition coefficient (Wildman–Crippen LogP) is 1.26. The van der Waals surface area contributed by atoms with Crippen LogP contribution in [-0.4, -0.2) is 41.2 Å². The van der Waals surface area contributed by atoms with Gasteiger partial charge in [0.25, 0.3) is 5.91 Å². The lowest BCUT2D eigenvalue weighted by atomic mass is 10.0. The van der Waals surface area contributed by atoms with E-state index in [1.165, 1.54) is 19.0 Å². The fourth-order valence-electron chi connectivity index (χ4n) is 2.03. The van der Waals surface area contributed by atoms with Crippen LogP contribution >= 0.6 is 0 Å². The first-order valence-electron chi connectivity index (χ1n) is 7.83. The van der Waals surface area contributed by atoms with Gasteiger partial charge in [-0.3, -0.25) is 14.9 Å². The van der Waals surface area contributed by atoms with Crippen LogP contribution in [0.15, 0.2) is 17.3 Å². The number of guanidine groups is 1. The maximum atomic E-state index is 11.6. The molecule has 0 aliphatic rings. The molecule has 0 bridgehead atoms. The highest BCUT2D eigenvalue weighted by atomic mass is 16.1. The van der Waals surface area contributed by atoms with Crippen molar-refractivity contribution in [2.24, 2.45) is 16.6 Å². The summed E-state index contributed by atoms with van der Waals surface area (Å²) < 4.78 is 0. The minimum Gasteiger partial charge on any atom is -0.370 e. The van der Waals surface area contributed by atoms with Gasteiger partial charge in [-0.05, 0) is 25.3 Å². The lowest BCUT2D eigenvalue weighted by Crippen LogP contribution is -2.39. The van der Waals surface area contributed by atoms with Gasteiger partial charge in [-0.1, -0.05) is 26.7 Å². The van der Waals surface area contributed by atoms with E-state index < -0.39 is 0 Å². The topological polar surface area (TPSA) is 108 Å². The van der Waals surface area contributed by atoms with Crippen LogP contribution in [-0.2, 0) is 0 Å². The summed E-state index contributed by atoms with van der Waals surface area (Å²) in [6, 6.07) is 1.93. The molecule has 0 aliphatic heterocycles. The molecule has 0 fully saturated rings. The molecule has 0 radical (unpaired) electrons. The molecule has 0 spiro atoms. The molecule has 0 aromatic carbocycles. The van der Waals surface area contributed by atoms with E-state index in [9.17, 15) is 4.79 Å². The molecule has 0 saturated carbocycles. The van der Waals surface area contributed by atoms with Gasteiger partial charge in [0, 0.05) is 18.8 Å². The van der Waals surface area contributed by atoms with Gasteiger partial charge in [-0.25, -0.2) is 0 Å². The smallest absolute Gasteiger partial charge is 0.269 e. The van der Waals surface area contributed by atoms with Crippen LogP contribution in [0.25, 0.3) is 0 Å². The van der Waals surface area contributed by atoms with Gasteiger partial charge in [0.15, 0.2) is 5.96 Å². The lowest BCUT2D eigenvalue weighted by molar-refractivity contribution is 0.0950. The minimum atomic E-state index is -0.193. The Morgan fingerprint density at radius 2 is 2.18 bits per heavy atom. The Hall–Kier alpha value is -2.05. The van der Waals surface area contributed by atoms with Crippen molar-refractivity contribution in [2.75, 3.05) is 13.1 Å². The Bertz CT molecular complexity index is 455. The summed E-state index contributed by atoms with van der Waals surface area (Å²) in [5.74, 6) is 0.964. The van der Waals surface area contributed by atoms with Crippen molar-refractivity contribution in [3.63, 3.8) is 0 Å². The molecule has 1 heterocycles. The molecule has 1 atom stereocenters. The SMILES string of the molecule is CC(C)CCCC(C)NC(N)=NCCNC(=O)c1ccn[nH]1. The highest BCUT2D eigenvalue weighted by Gasteiger charge is 2.05. The van der Waals surface area contributed by atoms with Crippen LogP contribution in [0.3, 0.4) is 0 Å². The standard InChI is InChI=1S/C15H28N6O/c1-11(2)5-4-6-12(3)20-15(16)18-10-9-17-14(22)13-7-8-19-21-13/h7-8,11-12H,4-6,9-10H2,1-3H3,(H,17,22)(H,19,21)(H3,16,18,20). The third-order valence-electron chi connectivity index (χ3n) is 3.24. The molecule has 124 valence electrons. The molecule has 1 amide bonds. The van der Waals surface area contributed by atoms with Gasteiger partial charge in [-0.2, -0.15) is 5.10 Å². The molecule has 0 saturated heterocycles. The molecular weight excluding hydrogens is 280 g/mol. The maximum Gasteiger partial charge on any atom is 0.269 e. The summed E-state index contributed by atoms with van der Waals surface area (Å²) in [5, 5.41) is 12.2.